The van der Waals surface area contributed by atoms with Gasteiger partial charge in [0.25, 0.3) is 5.91 Å². The van der Waals surface area contributed by atoms with Crippen LogP contribution in [-0.2, 0) is 19.6 Å². The maximum atomic E-state index is 12.6. The zero-order valence-electron chi connectivity index (χ0n) is 16.4. The molecule has 2 aromatic rings. The molecule has 0 heterocycles. The van der Waals surface area contributed by atoms with Gasteiger partial charge in [-0.25, -0.2) is 8.42 Å². The fraction of sp³-hybridized carbons (Fsp3) is 0.300. The largest absolute Gasteiger partial charge is 0.385 e. The number of ether oxygens (including phenoxy) is 1. The number of benzene rings is 2. The lowest BCUT2D eigenvalue weighted by Crippen LogP contribution is -2.37. The fourth-order valence-electron chi connectivity index (χ4n) is 2.62. The predicted molar refractivity (Wildman–Crippen MR) is 113 cm³/mol. The third-order valence-corrected chi connectivity index (χ3v) is 5.13. The van der Waals surface area contributed by atoms with Gasteiger partial charge >= 0.3 is 0 Å². The van der Waals surface area contributed by atoms with Crippen LogP contribution in [-0.4, -0.2) is 53.3 Å². The Morgan fingerprint density at radius 3 is 2.34 bits per heavy atom. The van der Waals surface area contributed by atoms with E-state index in [1.807, 2.05) is 0 Å². The van der Waals surface area contributed by atoms with Gasteiger partial charge in [-0.05, 0) is 30.7 Å². The second-order valence-corrected chi connectivity index (χ2v) is 8.21. The summed E-state index contributed by atoms with van der Waals surface area (Å²) < 4.78 is 30.2. The van der Waals surface area contributed by atoms with Crippen molar-refractivity contribution in [1.29, 1.82) is 0 Å². The SMILES string of the molecule is COCCCNC(=O)c1ccccc1NC(=O)CN(c1ccccc1)S(C)(=O)=O. The van der Waals surface area contributed by atoms with E-state index in [9.17, 15) is 18.0 Å². The molecule has 0 aliphatic carbocycles. The summed E-state index contributed by atoms with van der Waals surface area (Å²) in [4.78, 5) is 25.0. The molecule has 2 amide bonds. The molecule has 0 saturated heterocycles. The lowest BCUT2D eigenvalue weighted by molar-refractivity contribution is -0.114. The molecule has 0 unspecified atom stereocenters. The molecule has 0 aliphatic heterocycles. The lowest BCUT2D eigenvalue weighted by Gasteiger charge is -2.22. The van der Waals surface area contributed by atoms with Crippen LogP contribution in [0.15, 0.2) is 54.6 Å². The Labute approximate surface area is 170 Å². The van der Waals surface area contributed by atoms with Gasteiger partial charge in [0.1, 0.15) is 6.54 Å². The maximum Gasteiger partial charge on any atom is 0.253 e. The molecule has 0 radical (unpaired) electrons. The summed E-state index contributed by atoms with van der Waals surface area (Å²) >= 11 is 0. The summed E-state index contributed by atoms with van der Waals surface area (Å²) in [5.41, 5.74) is 0.987. The summed E-state index contributed by atoms with van der Waals surface area (Å²) in [6.07, 6.45) is 1.70. The Balaban J connectivity index is 2.11. The second-order valence-electron chi connectivity index (χ2n) is 6.30. The van der Waals surface area contributed by atoms with Gasteiger partial charge in [-0.1, -0.05) is 30.3 Å². The van der Waals surface area contributed by atoms with Crippen molar-refractivity contribution >= 4 is 33.2 Å². The van der Waals surface area contributed by atoms with E-state index < -0.39 is 22.5 Å². The van der Waals surface area contributed by atoms with E-state index in [1.54, 1.807) is 61.7 Å². The average Bonchev–Trinajstić information content (AvgIpc) is 2.69. The first-order valence-electron chi connectivity index (χ1n) is 9.01. The first-order chi connectivity index (χ1) is 13.8. The molecule has 29 heavy (non-hydrogen) atoms. The van der Waals surface area contributed by atoms with Crippen molar-refractivity contribution in [3.8, 4) is 0 Å². The number of hydrogen-bond donors (Lipinski definition) is 2. The minimum atomic E-state index is -3.67. The summed E-state index contributed by atoms with van der Waals surface area (Å²) in [7, 11) is -2.08. The highest BCUT2D eigenvalue weighted by Gasteiger charge is 2.21. The molecular formula is C20H25N3O5S. The van der Waals surface area contributed by atoms with Gasteiger partial charge < -0.3 is 15.4 Å². The maximum absolute atomic E-state index is 12.6. The Bertz CT molecular complexity index is 932. The van der Waals surface area contributed by atoms with Crippen molar-refractivity contribution < 1.29 is 22.7 Å². The number of sulfonamides is 1. The summed E-state index contributed by atoms with van der Waals surface area (Å²) in [5.74, 6) is -0.890. The van der Waals surface area contributed by atoms with Crippen LogP contribution < -0.4 is 14.9 Å². The number of para-hydroxylation sites is 2. The summed E-state index contributed by atoms with van der Waals surface area (Å²) in [6.45, 7) is 0.553. The zero-order chi connectivity index (χ0) is 21.3. The molecule has 9 heteroatoms. The minimum Gasteiger partial charge on any atom is -0.385 e. The highest BCUT2D eigenvalue weighted by atomic mass is 32.2. The number of carbonyl (C=O) groups excluding carboxylic acids is 2. The molecule has 0 aliphatic rings. The van der Waals surface area contributed by atoms with Gasteiger partial charge in [-0.3, -0.25) is 13.9 Å². The van der Waals surface area contributed by atoms with Crippen molar-refractivity contribution in [2.45, 2.75) is 6.42 Å². The molecule has 8 nitrogen and oxygen atoms in total. The van der Waals surface area contributed by atoms with Gasteiger partial charge in [0.2, 0.25) is 15.9 Å². The molecule has 0 bridgehead atoms. The van der Waals surface area contributed by atoms with Crippen LogP contribution in [0.25, 0.3) is 0 Å². The standard InChI is InChI=1S/C20H25N3O5S/c1-28-14-8-13-21-20(25)17-11-6-7-12-18(17)22-19(24)15-23(29(2,26)27)16-9-4-3-5-10-16/h3-7,9-12H,8,13-15H2,1-2H3,(H,21,25)(H,22,24). The molecule has 0 aromatic heterocycles. The molecule has 2 rings (SSSR count). The monoisotopic (exact) mass is 419 g/mol. The Hall–Kier alpha value is -2.91. The van der Waals surface area contributed by atoms with E-state index in [4.69, 9.17) is 4.74 Å². The van der Waals surface area contributed by atoms with E-state index in [0.717, 1.165) is 10.6 Å². The molecule has 0 atom stereocenters. The first-order valence-corrected chi connectivity index (χ1v) is 10.9. The number of amides is 2. The van der Waals surface area contributed by atoms with Crippen LogP contribution in [0.3, 0.4) is 0 Å². The van der Waals surface area contributed by atoms with Gasteiger partial charge in [-0.15, -0.1) is 0 Å². The smallest absolute Gasteiger partial charge is 0.253 e. The summed E-state index contributed by atoms with van der Waals surface area (Å²) in [5, 5.41) is 5.40. The van der Waals surface area contributed by atoms with Gasteiger partial charge in [0.05, 0.1) is 23.2 Å². The normalized spacial score (nSPS) is 11.0. The Morgan fingerprint density at radius 1 is 1.03 bits per heavy atom. The first kappa shape index (κ1) is 22.4. The lowest BCUT2D eigenvalue weighted by atomic mass is 10.1. The van der Waals surface area contributed by atoms with Gasteiger partial charge in [0.15, 0.2) is 0 Å². The van der Waals surface area contributed by atoms with Crippen molar-refractivity contribution in [1.82, 2.24) is 5.32 Å². The number of hydrogen-bond acceptors (Lipinski definition) is 5. The van der Waals surface area contributed by atoms with Crippen molar-refractivity contribution in [2.75, 3.05) is 42.7 Å². The molecule has 156 valence electrons. The average molecular weight is 420 g/mol. The van der Waals surface area contributed by atoms with Gasteiger partial charge in [-0.2, -0.15) is 0 Å². The van der Waals surface area contributed by atoms with Crippen molar-refractivity contribution in [3.05, 3.63) is 60.2 Å². The quantitative estimate of drug-likeness (QED) is 0.572. The number of methoxy groups -OCH3 is 1. The summed E-state index contributed by atoms with van der Waals surface area (Å²) in [6, 6.07) is 14.9. The minimum absolute atomic E-state index is 0.295. The number of nitrogens with zero attached hydrogens (tertiary/aromatic N) is 1. The molecule has 2 aromatic carbocycles. The Morgan fingerprint density at radius 2 is 1.69 bits per heavy atom. The molecular weight excluding hydrogens is 394 g/mol. The molecule has 0 saturated carbocycles. The van der Waals surface area contributed by atoms with E-state index in [2.05, 4.69) is 10.6 Å². The van der Waals surface area contributed by atoms with E-state index in [-0.39, 0.29) is 5.91 Å². The third-order valence-electron chi connectivity index (χ3n) is 3.99. The van der Waals surface area contributed by atoms with Crippen LogP contribution in [0.5, 0.6) is 0 Å². The van der Waals surface area contributed by atoms with E-state index in [1.165, 1.54) is 0 Å². The highest BCUT2D eigenvalue weighted by Crippen LogP contribution is 2.18. The highest BCUT2D eigenvalue weighted by molar-refractivity contribution is 7.92. The third kappa shape index (κ3) is 6.88. The van der Waals surface area contributed by atoms with Crippen LogP contribution in [0.2, 0.25) is 0 Å². The second kappa shape index (κ2) is 10.6. The van der Waals surface area contributed by atoms with Crippen molar-refractivity contribution in [3.63, 3.8) is 0 Å². The van der Waals surface area contributed by atoms with Gasteiger partial charge in [0, 0.05) is 20.3 Å². The van der Waals surface area contributed by atoms with E-state index in [0.29, 0.717) is 36.5 Å². The number of carbonyl (C=O) groups is 2. The van der Waals surface area contributed by atoms with Crippen molar-refractivity contribution in [2.24, 2.45) is 0 Å². The zero-order valence-corrected chi connectivity index (χ0v) is 17.2. The number of anilines is 2. The topological polar surface area (TPSA) is 105 Å². The molecule has 0 spiro atoms. The predicted octanol–water partition coefficient (Wildman–Crippen LogP) is 1.86. The van der Waals surface area contributed by atoms with Crippen LogP contribution in [0.4, 0.5) is 11.4 Å². The number of nitrogens with one attached hydrogen (secondary N) is 2. The molecule has 0 fully saturated rings. The fourth-order valence-corrected chi connectivity index (χ4v) is 3.47. The Kier molecular flexibility index (Phi) is 8.17. The molecule has 2 N–H and O–H groups in total. The van der Waals surface area contributed by atoms with Crippen LogP contribution in [0, 0.1) is 0 Å². The van der Waals surface area contributed by atoms with E-state index >= 15 is 0 Å². The van der Waals surface area contributed by atoms with Crippen LogP contribution in [0.1, 0.15) is 16.8 Å². The van der Waals surface area contributed by atoms with Crippen LogP contribution >= 0.6 is 0 Å². The number of rotatable bonds is 10.